The highest BCUT2D eigenvalue weighted by atomic mass is 16.3. The van der Waals surface area contributed by atoms with Crippen molar-refractivity contribution < 1.29 is 9.90 Å². The van der Waals surface area contributed by atoms with Crippen LogP contribution in [0.25, 0.3) is 0 Å². The number of allylic oxidation sites excluding steroid dienone is 1. The average molecular weight is 184 g/mol. The van der Waals surface area contributed by atoms with E-state index in [2.05, 4.69) is 5.32 Å². The van der Waals surface area contributed by atoms with Gasteiger partial charge >= 0.3 is 0 Å². The van der Waals surface area contributed by atoms with Gasteiger partial charge in [0.2, 0.25) is 5.91 Å². The monoisotopic (exact) mass is 184 g/mol. The number of aliphatic hydroxyl groups is 1. The molecule has 0 saturated carbocycles. The van der Waals surface area contributed by atoms with E-state index in [1.165, 1.54) is 6.08 Å². The fourth-order valence-corrected chi connectivity index (χ4v) is 1.47. The van der Waals surface area contributed by atoms with Gasteiger partial charge in [0.05, 0.1) is 12.1 Å². The molecule has 0 spiro atoms. The maximum absolute atomic E-state index is 11.4. The molecule has 0 bridgehead atoms. The minimum absolute atomic E-state index is 0.0600. The van der Waals surface area contributed by atoms with Crippen molar-refractivity contribution in [3.63, 3.8) is 0 Å². The van der Waals surface area contributed by atoms with Crippen LogP contribution in [0, 0.1) is 0 Å². The van der Waals surface area contributed by atoms with Crippen molar-refractivity contribution in [1.29, 1.82) is 0 Å². The summed E-state index contributed by atoms with van der Waals surface area (Å²) in [7, 11) is 1.71. The maximum atomic E-state index is 11.4. The maximum Gasteiger partial charge on any atom is 0.246 e. The second-order valence-electron chi connectivity index (χ2n) is 3.24. The van der Waals surface area contributed by atoms with Gasteiger partial charge in [-0.3, -0.25) is 4.79 Å². The Morgan fingerprint density at radius 2 is 2.31 bits per heavy atom. The van der Waals surface area contributed by atoms with Crippen LogP contribution in [0.2, 0.25) is 0 Å². The van der Waals surface area contributed by atoms with Crippen molar-refractivity contribution in [2.75, 3.05) is 20.1 Å². The molecule has 1 fully saturated rings. The number of amides is 1. The number of rotatable bonds is 2. The Kier molecular flexibility index (Phi) is 3.45. The minimum Gasteiger partial charge on any atom is -0.390 e. The number of hydrogen-bond acceptors (Lipinski definition) is 3. The fourth-order valence-electron chi connectivity index (χ4n) is 1.47. The van der Waals surface area contributed by atoms with Crippen LogP contribution in [0.4, 0.5) is 0 Å². The zero-order valence-electron chi connectivity index (χ0n) is 8.03. The molecule has 1 heterocycles. The molecule has 4 nitrogen and oxygen atoms in total. The second kappa shape index (κ2) is 4.39. The first kappa shape index (κ1) is 10.2. The van der Waals surface area contributed by atoms with Crippen molar-refractivity contribution in [3.05, 3.63) is 12.2 Å². The zero-order chi connectivity index (χ0) is 9.84. The number of nitrogens with zero attached hydrogens (tertiary/aromatic N) is 1. The molecule has 0 radical (unpaired) electrons. The Morgan fingerprint density at radius 1 is 1.62 bits per heavy atom. The summed E-state index contributed by atoms with van der Waals surface area (Å²) in [5, 5.41) is 12.5. The summed E-state index contributed by atoms with van der Waals surface area (Å²) >= 11 is 0. The first-order valence-electron chi connectivity index (χ1n) is 4.45. The molecule has 4 heteroatoms. The van der Waals surface area contributed by atoms with Gasteiger partial charge in [0.15, 0.2) is 0 Å². The molecule has 1 saturated heterocycles. The van der Waals surface area contributed by atoms with Gasteiger partial charge in [-0.25, -0.2) is 0 Å². The van der Waals surface area contributed by atoms with Crippen LogP contribution in [0.3, 0.4) is 0 Å². The summed E-state index contributed by atoms with van der Waals surface area (Å²) in [6.07, 6.45) is 2.76. The van der Waals surface area contributed by atoms with Gasteiger partial charge in [0, 0.05) is 20.1 Å². The van der Waals surface area contributed by atoms with E-state index < -0.39 is 6.10 Å². The first-order chi connectivity index (χ1) is 6.16. The van der Waals surface area contributed by atoms with E-state index in [1.54, 1.807) is 24.9 Å². The highest BCUT2D eigenvalue weighted by Gasteiger charge is 2.29. The van der Waals surface area contributed by atoms with E-state index in [0.717, 1.165) is 0 Å². The van der Waals surface area contributed by atoms with E-state index in [-0.39, 0.29) is 11.9 Å². The molecule has 2 atom stereocenters. The van der Waals surface area contributed by atoms with Crippen molar-refractivity contribution in [2.45, 2.75) is 19.1 Å². The summed E-state index contributed by atoms with van der Waals surface area (Å²) in [6, 6.07) is -0.0938. The number of β-amino-alcohol motifs (C(OH)–C–C–N with tert-alkyl or cyclic N) is 1. The quantitative estimate of drug-likeness (QED) is 0.561. The number of carbonyl (C=O) groups is 1. The van der Waals surface area contributed by atoms with Gasteiger partial charge in [-0.05, 0) is 13.0 Å². The molecule has 1 aliphatic heterocycles. The molecule has 1 rings (SSSR count). The lowest BCUT2D eigenvalue weighted by Crippen LogP contribution is -2.43. The summed E-state index contributed by atoms with van der Waals surface area (Å²) in [4.78, 5) is 12.9. The largest absolute Gasteiger partial charge is 0.390 e. The number of aliphatic hydroxyl groups excluding tert-OH is 1. The third-order valence-corrected chi connectivity index (χ3v) is 2.31. The highest BCUT2D eigenvalue weighted by molar-refractivity contribution is 5.87. The van der Waals surface area contributed by atoms with Crippen LogP contribution in [-0.4, -0.2) is 48.2 Å². The number of likely N-dealkylation sites (N-methyl/N-ethyl adjacent to an activating group) is 1. The molecule has 2 unspecified atom stereocenters. The van der Waals surface area contributed by atoms with E-state index in [4.69, 9.17) is 0 Å². The fraction of sp³-hybridized carbons (Fsp3) is 0.667. The van der Waals surface area contributed by atoms with Crippen LogP contribution in [0.5, 0.6) is 0 Å². The molecule has 2 N–H and O–H groups in total. The van der Waals surface area contributed by atoms with E-state index >= 15 is 0 Å². The Morgan fingerprint density at radius 3 is 2.77 bits per heavy atom. The van der Waals surface area contributed by atoms with Gasteiger partial charge in [0.1, 0.15) is 0 Å². The predicted molar refractivity (Wildman–Crippen MR) is 50.2 cm³/mol. The summed E-state index contributed by atoms with van der Waals surface area (Å²) in [5.74, 6) is -0.0600. The normalized spacial score (nSPS) is 28.2. The SMILES string of the molecule is C/C=C/C(=O)N(C)C1CNCC1O. The van der Waals surface area contributed by atoms with E-state index in [9.17, 15) is 9.90 Å². The van der Waals surface area contributed by atoms with E-state index in [0.29, 0.717) is 13.1 Å². The summed E-state index contributed by atoms with van der Waals surface area (Å²) < 4.78 is 0. The van der Waals surface area contributed by atoms with Gasteiger partial charge in [-0.1, -0.05) is 6.08 Å². The molecule has 0 aliphatic carbocycles. The average Bonchev–Trinajstić information content (AvgIpc) is 2.50. The lowest BCUT2D eigenvalue weighted by molar-refractivity contribution is -0.128. The molecular weight excluding hydrogens is 168 g/mol. The topological polar surface area (TPSA) is 52.6 Å². The zero-order valence-corrected chi connectivity index (χ0v) is 8.03. The van der Waals surface area contributed by atoms with Gasteiger partial charge in [-0.2, -0.15) is 0 Å². The summed E-state index contributed by atoms with van der Waals surface area (Å²) in [5.41, 5.74) is 0. The number of nitrogens with one attached hydrogen (secondary N) is 1. The Labute approximate surface area is 78.2 Å². The first-order valence-corrected chi connectivity index (χ1v) is 4.45. The Balaban J connectivity index is 2.55. The van der Waals surface area contributed by atoms with Crippen LogP contribution in [0.1, 0.15) is 6.92 Å². The molecule has 1 amide bonds. The Bertz CT molecular complexity index is 216. The van der Waals surface area contributed by atoms with Crippen LogP contribution in [-0.2, 0) is 4.79 Å². The second-order valence-corrected chi connectivity index (χ2v) is 3.24. The van der Waals surface area contributed by atoms with Gasteiger partial charge in [0.25, 0.3) is 0 Å². The standard InChI is InChI=1S/C9H16N2O2/c1-3-4-9(13)11(2)7-5-10-6-8(7)12/h3-4,7-8,10,12H,5-6H2,1-2H3/b4-3+. The molecular formula is C9H16N2O2. The van der Waals surface area contributed by atoms with Crippen molar-refractivity contribution in [3.8, 4) is 0 Å². The third kappa shape index (κ3) is 2.29. The van der Waals surface area contributed by atoms with Crippen LogP contribution in [0.15, 0.2) is 12.2 Å². The predicted octanol–water partition coefficient (Wildman–Crippen LogP) is -0.646. The minimum atomic E-state index is -0.445. The lowest BCUT2D eigenvalue weighted by Gasteiger charge is -2.25. The van der Waals surface area contributed by atoms with Crippen molar-refractivity contribution >= 4 is 5.91 Å². The van der Waals surface area contributed by atoms with Crippen molar-refractivity contribution in [2.24, 2.45) is 0 Å². The number of hydrogen-bond donors (Lipinski definition) is 2. The highest BCUT2D eigenvalue weighted by Crippen LogP contribution is 2.07. The van der Waals surface area contributed by atoms with Crippen molar-refractivity contribution in [1.82, 2.24) is 10.2 Å². The molecule has 74 valence electrons. The molecule has 13 heavy (non-hydrogen) atoms. The van der Waals surface area contributed by atoms with Crippen LogP contribution < -0.4 is 5.32 Å². The number of carbonyl (C=O) groups excluding carboxylic acids is 1. The van der Waals surface area contributed by atoms with Crippen LogP contribution >= 0.6 is 0 Å². The Hall–Kier alpha value is -0.870. The molecule has 0 aromatic carbocycles. The van der Waals surface area contributed by atoms with Gasteiger partial charge in [-0.15, -0.1) is 0 Å². The smallest absolute Gasteiger partial charge is 0.246 e. The van der Waals surface area contributed by atoms with E-state index in [1.807, 2.05) is 0 Å². The lowest BCUT2D eigenvalue weighted by atomic mass is 10.2. The third-order valence-electron chi connectivity index (χ3n) is 2.31. The summed E-state index contributed by atoms with van der Waals surface area (Å²) in [6.45, 7) is 3.04. The molecule has 0 aromatic heterocycles. The molecule has 0 aromatic rings. The van der Waals surface area contributed by atoms with Gasteiger partial charge < -0.3 is 15.3 Å². The molecule has 1 aliphatic rings.